The van der Waals surface area contributed by atoms with Crippen LogP contribution in [0.3, 0.4) is 0 Å². The van der Waals surface area contributed by atoms with Gasteiger partial charge in [0.2, 0.25) is 5.75 Å². The summed E-state index contributed by atoms with van der Waals surface area (Å²) in [5, 5.41) is 9.13. The molecule has 0 aliphatic carbocycles. The van der Waals surface area contributed by atoms with Gasteiger partial charge in [0, 0.05) is 17.8 Å². The molecule has 0 radical (unpaired) electrons. The molecule has 0 spiro atoms. The molecule has 2 aromatic rings. The Morgan fingerprint density at radius 3 is 2.24 bits per heavy atom. The van der Waals surface area contributed by atoms with Gasteiger partial charge in [-0.1, -0.05) is 11.6 Å². The van der Waals surface area contributed by atoms with E-state index in [1.165, 1.54) is 27.5 Å². The van der Waals surface area contributed by atoms with Gasteiger partial charge < -0.3 is 19.5 Å². The minimum absolute atomic E-state index is 0.172. The zero-order chi connectivity index (χ0) is 15.4. The van der Waals surface area contributed by atoms with E-state index in [4.69, 9.17) is 25.8 Å². The van der Waals surface area contributed by atoms with Crippen molar-refractivity contribution in [2.75, 3.05) is 26.6 Å². The van der Waals surface area contributed by atoms with Crippen LogP contribution < -0.4 is 19.5 Å². The van der Waals surface area contributed by atoms with E-state index >= 15 is 0 Å². The zero-order valence-electron chi connectivity index (χ0n) is 11.7. The first-order chi connectivity index (χ1) is 10.1. The van der Waals surface area contributed by atoms with Gasteiger partial charge in [0.15, 0.2) is 11.5 Å². The third-order valence-corrected chi connectivity index (χ3v) is 3.03. The van der Waals surface area contributed by atoms with Crippen LogP contribution in [0, 0.1) is 0 Å². The van der Waals surface area contributed by atoms with E-state index < -0.39 is 5.91 Å². The Kier molecular flexibility index (Phi) is 4.54. The summed E-state index contributed by atoms with van der Waals surface area (Å²) in [6.45, 7) is 0. The molecule has 0 saturated carbocycles. The lowest BCUT2D eigenvalue weighted by Gasteiger charge is -2.14. The van der Waals surface area contributed by atoms with Gasteiger partial charge in [-0.15, -0.1) is 0 Å². The van der Waals surface area contributed by atoms with Crippen molar-refractivity contribution in [3.8, 4) is 17.2 Å². The number of nitrogens with zero attached hydrogens (tertiary/aromatic N) is 1. The fourth-order valence-electron chi connectivity index (χ4n) is 1.78. The highest BCUT2D eigenvalue weighted by molar-refractivity contribution is 6.34. The zero-order valence-corrected chi connectivity index (χ0v) is 12.4. The molecule has 0 atom stereocenters. The highest BCUT2D eigenvalue weighted by Gasteiger charge is 2.17. The number of carbonyl (C=O) groups is 1. The van der Waals surface area contributed by atoms with Gasteiger partial charge >= 0.3 is 0 Å². The number of rotatable bonds is 5. The second kappa shape index (κ2) is 6.36. The van der Waals surface area contributed by atoms with Crippen LogP contribution in [0.25, 0.3) is 0 Å². The fourth-order valence-corrected chi connectivity index (χ4v) is 1.95. The molecular weight excluding hydrogens is 298 g/mol. The van der Waals surface area contributed by atoms with Crippen molar-refractivity contribution in [3.05, 3.63) is 29.0 Å². The molecule has 2 N–H and O–H groups in total. The molecular formula is C13H14ClN3O4. The first kappa shape index (κ1) is 15.0. The summed E-state index contributed by atoms with van der Waals surface area (Å²) in [5.41, 5.74) is 0.644. The summed E-state index contributed by atoms with van der Waals surface area (Å²) in [6.07, 6.45) is 1.35. The molecule has 1 aromatic heterocycles. The summed E-state index contributed by atoms with van der Waals surface area (Å²) in [5.74, 6) is 0.884. The number of nitrogens with one attached hydrogen (secondary N) is 2. The molecule has 1 amide bonds. The van der Waals surface area contributed by atoms with Crippen molar-refractivity contribution in [2.45, 2.75) is 0 Å². The molecule has 0 aliphatic rings. The Balaban J connectivity index is 2.32. The number of aromatic nitrogens is 2. The second-order valence-electron chi connectivity index (χ2n) is 3.96. The highest BCUT2D eigenvalue weighted by Crippen LogP contribution is 2.40. The SMILES string of the molecule is COc1cc(NC(=O)c2[nH]ncc2Cl)cc(OC)c1OC. The van der Waals surface area contributed by atoms with Crippen LogP contribution in [0.15, 0.2) is 18.3 Å². The largest absolute Gasteiger partial charge is 0.493 e. The molecule has 112 valence electrons. The van der Waals surface area contributed by atoms with E-state index in [2.05, 4.69) is 15.5 Å². The van der Waals surface area contributed by atoms with Gasteiger partial charge in [0.1, 0.15) is 5.69 Å². The minimum Gasteiger partial charge on any atom is -0.493 e. The second-order valence-corrected chi connectivity index (χ2v) is 4.37. The number of hydrogen-bond acceptors (Lipinski definition) is 5. The first-order valence-electron chi connectivity index (χ1n) is 5.91. The molecule has 1 aromatic carbocycles. The number of ether oxygens (including phenoxy) is 3. The van der Waals surface area contributed by atoms with E-state index in [1.807, 2.05) is 0 Å². The van der Waals surface area contributed by atoms with Crippen molar-refractivity contribution in [1.29, 1.82) is 0 Å². The number of carbonyl (C=O) groups excluding carboxylic acids is 1. The lowest BCUT2D eigenvalue weighted by atomic mass is 10.2. The van der Waals surface area contributed by atoms with Gasteiger partial charge in [0.05, 0.1) is 32.5 Å². The van der Waals surface area contributed by atoms with Crippen LogP contribution in [-0.2, 0) is 0 Å². The Morgan fingerprint density at radius 1 is 1.19 bits per heavy atom. The monoisotopic (exact) mass is 311 g/mol. The van der Waals surface area contributed by atoms with Gasteiger partial charge in [-0.2, -0.15) is 5.10 Å². The van der Waals surface area contributed by atoms with Gasteiger partial charge in [-0.25, -0.2) is 0 Å². The van der Waals surface area contributed by atoms with Gasteiger partial charge in [-0.05, 0) is 0 Å². The third kappa shape index (κ3) is 3.03. The number of hydrogen-bond donors (Lipinski definition) is 2. The van der Waals surface area contributed by atoms with Crippen LogP contribution in [-0.4, -0.2) is 37.4 Å². The molecule has 8 heteroatoms. The van der Waals surface area contributed by atoms with Crippen molar-refractivity contribution in [2.24, 2.45) is 0 Å². The number of amides is 1. The Labute approximate surface area is 126 Å². The summed E-state index contributed by atoms with van der Waals surface area (Å²) < 4.78 is 15.6. The van der Waals surface area contributed by atoms with Crippen molar-refractivity contribution >= 4 is 23.2 Å². The van der Waals surface area contributed by atoms with Gasteiger partial charge in [-0.3, -0.25) is 9.89 Å². The standard InChI is InChI=1S/C13H14ClN3O4/c1-19-9-4-7(5-10(20-2)12(9)21-3)16-13(18)11-8(14)6-15-17-11/h4-6H,1-3H3,(H,15,17)(H,16,18). The van der Waals surface area contributed by atoms with E-state index in [-0.39, 0.29) is 10.7 Å². The number of aromatic amines is 1. The Morgan fingerprint density at radius 2 is 1.81 bits per heavy atom. The molecule has 0 unspecified atom stereocenters. The summed E-state index contributed by atoms with van der Waals surface area (Å²) in [7, 11) is 4.49. The van der Waals surface area contributed by atoms with Crippen LogP contribution in [0.2, 0.25) is 5.02 Å². The molecule has 1 heterocycles. The number of benzene rings is 1. The Hall–Kier alpha value is -2.41. The highest BCUT2D eigenvalue weighted by atomic mass is 35.5. The summed E-state index contributed by atoms with van der Waals surface area (Å²) >= 11 is 5.84. The minimum atomic E-state index is -0.424. The number of methoxy groups -OCH3 is 3. The average Bonchev–Trinajstić information content (AvgIpc) is 2.92. The van der Waals surface area contributed by atoms with Crippen molar-refractivity contribution in [1.82, 2.24) is 10.2 Å². The van der Waals surface area contributed by atoms with Crippen LogP contribution in [0.1, 0.15) is 10.5 Å². The average molecular weight is 312 g/mol. The third-order valence-electron chi connectivity index (χ3n) is 2.74. The van der Waals surface area contributed by atoms with Crippen molar-refractivity contribution in [3.63, 3.8) is 0 Å². The maximum Gasteiger partial charge on any atom is 0.275 e. The number of anilines is 1. The van der Waals surface area contributed by atoms with E-state index in [1.54, 1.807) is 12.1 Å². The molecule has 2 rings (SSSR count). The summed E-state index contributed by atoms with van der Waals surface area (Å²) in [4.78, 5) is 12.1. The number of H-pyrrole nitrogens is 1. The van der Waals surface area contributed by atoms with E-state index in [0.29, 0.717) is 22.9 Å². The number of halogens is 1. The topological polar surface area (TPSA) is 85.5 Å². The summed E-state index contributed by atoms with van der Waals surface area (Å²) in [6, 6.07) is 3.23. The lowest BCUT2D eigenvalue weighted by Crippen LogP contribution is -2.13. The molecule has 7 nitrogen and oxygen atoms in total. The maximum absolute atomic E-state index is 12.1. The Bertz CT molecular complexity index is 632. The smallest absolute Gasteiger partial charge is 0.275 e. The molecule has 0 fully saturated rings. The van der Waals surface area contributed by atoms with E-state index in [9.17, 15) is 4.79 Å². The molecule has 0 bridgehead atoms. The lowest BCUT2D eigenvalue weighted by molar-refractivity contribution is 0.102. The maximum atomic E-state index is 12.1. The molecule has 21 heavy (non-hydrogen) atoms. The van der Waals surface area contributed by atoms with Gasteiger partial charge in [0.25, 0.3) is 5.91 Å². The first-order valence-corrected chi connectivity index (χ1v) is 6.28. The predicted molar refractivity (Wildman–Crippen MR) is 77.6 cm³/mol. The van der Waals surface area contributed by atoms with Crippen LogP contribution in [0.4, 0.5) is 5.69 Å². The predicted octanol–water partition coefficient (Wildman–Crippen LogP) is 2.34. The fraction of sp³-hybridized carbons (Fsp3) is 0.231. The molecule has 0 aliphatic heterocycles. The molecule has 0 saturated heterocycles. The van der Waals surface area contributed by atoms with E-state index in [0.717, 1.165) is 0 Å². The van der Waals surface area contributed by atoms with Crippen LogP contribution >= 0.6 is 11.6 Å². The quantitative estimate of drug-likeness (QED) is 0.885. The normalized spacial score (nSPS) is 10.1. The van der Waals surface area contributed by atoms with Crippen LogP contribution in [0.5, 0.6) is 17.2 Å². The van der Waals surface area contributed by atoms with Crippen molar-refractivity contribution < 1.29 is 19.0 Å².